The van der Waals surface area contributed by atoms with E-state index in [4.69, 9.17) is 11.6 Å². The first kappa shape index (κ1) is 23.3. The van der Waals surface area contributed by atoms with Crippen LogP contribution in [0.2, 0.25) is 5.02 Å². The van der Waals surface area contributed by atoms with Gasteiger partial charge in [0.2, 0.25) is 15.9 Å². The molecule has 174 valence electrons. The molecule has 0 radical (unpaired) electrons. The third-order valence-electron chi connectivity index (χ3n) is 6.01. The molecule has 1 unspecified atom stereocenters. The number of nitrogens with one attached hydrogen (secondary N) is 1. The van der Waals surface area contributed by atoms with Crippen LogP contribution in [-0.4, -0.2) is 41.1 Å². The van der Waals surface area contributed by atoms with E-state index in [2.05, 4.69) is 5.32 Å². The number of anilines is 1. The molecule has 1 amide bonds. The standard InChI is InChI=1S/C23H25ClN4O4S/c1-16-21(23(30)28(26(16)2)19-8-4-3-5-9-19)25-22(29)17-7-6-14-27(15-17)33(31,32)20-12-10-18(24)11-13-20/h3-5,8-13,17H,6-7,14-15H2,1-2H3,(H,25,29). The van der Waals surface area contributed by atoms with Gasteiger partial charge in [0.1, 0.15) is 5.69 Å². The molecule has 33 heavy (non-hydrogen) atoms. The summed E-state index contributed by atoms with van der Waals surface area (Å²) in [7, 11) is -2.00. The molecule has 3 aromatic rings. The average molecular weight is 489 g/mol. The summed E-state index contributed by atoms with van der Waals surface area (Å²) in [6, 6.07) is 15.1. The lowest BCUT2D eigenvalue weighted by Gasteiger charge is -2.31. The number of carbonyl (C=O) groups is 1. The van der Waals surface area contributed by atoms with E-state index in [0.717, 1.165) is 0 Å². The Balaban J connectivity index is 1.55. The normalized spacial score (nSPS) is 17.1. The number of piperidine rings is 1. The van der Waals surface area contributed by atoms with Crippen LogP contribution in [-0.2, 0) is 21.9 Å². The fourth-order valence-corrected chi connectivity index (χ4v) is 5.72. The fourth-order valence-electron chi connectivity index (χ4n) is 4.07. The van der Waals surface area contributed by atoms with Crippen molar-refractivity contribution in [1.82, 2.24) is 13.7 Å². The lowest BCUT2D eigenvalue weighted by atomic mass is 9.99. The molecule has 1 N–H and O–H groups in total. The summed E-state index contributed by atoms with van der Waals surface area (Å²) in [6.45, 7) is 2.14. The van der Waals surface area contributed by atoms with Gasteiger partial charge in [-0.2, -0.15) is 4.31 Å². The van der Waals surface area contributed by atoms with Crippen LogP contribution in [0.3, 0.4) is 0 Å². The van der Waals surface area contributed by atoms with Gasteiger partial charge in [0.05, 0.1) is 22.2 Å². The van der Waals surface area contributed by atoms with E-state index in [1.54, 1.807) is 18.7 Å². The molecule has 0 saturated carbocycles. The molecule has 10 heteroatoms. The van der Waals surface area contributed by atoms with Crippen LogP contribution < -0.4 is 10.9 Å². The Kier molecular flexibility index (Phi) is 6.47. The quantitative estimate of drug-likeness (QED) is 0.597. The maximum Gasteiger partial charge on any atom is 0.295 e. The molecule has 1 aliphatic rings. The van der Waals surface area contributed by atoms with Crippen LogP contribution in [0.15, 0.2) is 64.3 Å². The van der Waals surface area contributed by atoms with Crippen LogP contribution >= 0.6 is 11.6 Å². The molecule has 0 bridgehead atoms. The zero-order valence-electron chi connectivity index (χ0n) is 18.4. The molecular weight excluding hydrogens is 464 g/mol. The van der Waals surface area contributed by atoms with E-state index in [1.807, 2.05) is 30.3 Å². The highest BCUT2D eigenvalue weighted by molar-refractivity contribution is 7.89. The molecule has 1 aliphatic heterocycles. The summed E-state index contributed by atoms with van der Waals surface area (Å²) in [5, 5.41) is 3.21. The van der Waals surface area contributed by atoms with Gasteiger partial charge in [0.25, 0.3) is 5.56 Å². The molecule has 1 saturated heterocycles. The maximum atomic E-state index is 13.1. The first-order chi connectivity index (χ1) is 15.7. The predicted octanol–water partition coefficient (Wildman–Crippen LogP) is 3.18. The van der Waals surface area contributed by atoms with Gasteiger partial charge in [-0.3, -0.25) is 14.3 Å². The Bertz CT molecular complexity index is 1330. The second-order valence-corrected chi connectivity index (χ2v) is 10.5. The minimum Gasteiger partial charge on any atom is -0.320 e. The number of hydrogen-bond acceptors (Lipinski definition) is 4. The first-order valence-corrected chi connectivity index (χ1v) is 12.4. The lowest BCUT2D eigenvalue weighted by Crippen LogP contribution is -2.44. The molecule has 4 rings (SSSR count). The Hall–Kier alpha value is -2.88. The summed E-state index contributed by atoms with van der Waals surface area (Å²) in [5.74, 6) is -0.929. The summed E-state index contributed by atoms with van der Waals surface area (Å²) in [4.78, 5) is 26.3. The van der Waals surface area contributed by atoms with Gasteiger partial charge < -0.3 is 5.32 Å². The van der Waals surface area contributed by atoms with Gasteiger partial charge in [-0.1, -0.05) is 29.8 Å². The number of nitrogens with zero attached hydrogens (tertiary/aromatic N) is 3. The van der Waals surface area contributed by atoms with E-state index in [-0.39, 0.29) is 28.6 Å². The van der Waals surface area contributed by atoms with Crippen LogP contribution in [0.5, 0.6) is 0 Å². The monoisotopic (exact) mass is 488 g/mol. The Morgan fingerprint density at radius 2 is 1.76 bits per heavy atom. The summed E-state index contributed by atoms with van der Waals surface area (Å²) >= 11 is 5.88. The van der Waals surface area contributed by atoms with Crippen molar-refractivity contribution in [3.05, 3.63) is 75.7 Å². The highest BCUT2D eigenvalue weighted by Gasteiger charge is 2.34. The van der Waals surface area contributed by atoms with Crippen LogP contribution in [0.4, 0.5) is 5.69 Å². The number of benzene rings is 2. The number of hydrogen-bond donors (Lipinski definition) is 1. The number of rotatable bonds is 5. The zero-order valence-corrected chi connectivity index (χ0v) is 19.9. The van der Waals surface area contributed by atoms with E-state index >= 15 is 0 Å². The smallest absolute Gasteiger partial charge is 0.295 e. The van der Waals surface area contributed by atoms with Crippen molar-refractivity contribution in [3.63, 3.8) is 0 Å². The number of aromatic nitrogens is 2. The third-order valence-corrected chi connectivity index (χ3v) is 8.14. The van der Waals surface area contributed by atoms with Crippen LogP contribution in [0.25, 0.3) is 5.69 Å². The molecular formula is C23H25ClN4O4S. The molecule has 2 aromatic carbocycles. The van der Waals surface area contributed by atoms with Crippen molar-refractivity contribution in [2.75, 3.05) is 18.4 Å². The molecule has 0 aliphatic carbocycles. The minimum absolute atomic E-state index is 0.0511. The topological polar surface area (TPSA) is 93.4 Å². The largest absolute Gasteiger partial charge is 0.320 e. The fraction of sp³-hybridized carbons (Fsp3) is 0.304. The summed E-state index contributed by atoms with van der Waals surface area (Å²) < 4.78 is 30.6. The molecule has 0 spiro atoms. The van der Waals surface area contributed by atoms with Gasteiger partial charge in [0.15, 0.2) is 0 Å². The number of sulfonamides is 1. The van der Waals surface area contributed by atoms with Crippen LogP contribution in [0.1, 0.15) is 18.5 Å². The summed E-state index contributed by atoms with van der Waals surface area (Å²) in [5.41, 5.74) is 1.16. The lowest BCUT2D eigenvalue weighted by molar-refractivity contribution is -0.120. The number of halogens is 1. The SMILES string of the molecule is Cc1c(NC(=O)C2CCCN(S(=O)(=O)c3ccc(Cl)cc3)C2)c(=O)n(-c2ccccc2)n1C. The maximum absolute atomic E-state index is 13.1. The number of amides is 1. The molecule has 8 nitrogen and oxygen atoms in total. The first-order valence-electron chi connectivity index (χ1n) is 10.6. The van der Waals surface area contributed by atoms with Gasteiger partial charge in [-0.15, -0.1) is 0 Å². The highest BCUT2D eigenvalue weighted by Crippen LogP contribution is 2.26. The van der Waals surface area contributed by atoms with E-state index in [9.17, 15) is 18.0 Å². The van der Waals surface area contributed by atoms with Gasteiger partial charge in [-0.05, 0) is 56.2 Å². The predicted molar refractivity (Wildman–Crippen MR) is 127 cm³/mol. The molecule has 1 fully saturated rings. The summed E-state index contributed by atoms with van der Waals surface area (Å²) in [6.07, 6.45) is 1.09. The van der Waals surface area contributed by atoms with Crippen molar-refractivity contribution >= 4 is 33.2 Å². The zero-order chi connectivity index (χ0) is 23.8. The van der Waals surface area contributed by atoms with Gasteiger partial charge in [-0.25, -0.2) is 13.1 Å². The Labute approximate surface area is 197 Å². The molecule has 2 heterocycles. The second kappa shape index (κ2) is 9.17. The number of para-hydroxylation sites is 1. The van der Waals surface area contributed by atoms with E-state index in [1.165, 1.54) is 33.3 Å². The van der Waals surface area contributed by atoms with Crippen molar-refractivity contribution in [3.8, 4) is 5.69 Å². The van der Waals surface area contributed by atoms with Crippen LogP contribution in [0, 0.1) is 12.8 Å². The minimum atomic E-state index is -3.75. The van der Waals surface area contributed by atoms with Crippen molar-refractivity contribution in [1.29, 1.82) is 0 Å². The van der Waals surface area contributed by atoms with Crippen molar-refractivity contribution in [2.24, 2.45) is 13.0 Å². The Morgan fingerprint density at radius 3 is 2.42 bits per heavy atom. The molecule has 1 atom stereocenters. The highest BCUT2D eigenvalue weighted by atomic mass is 35.5. The number of carbonyl (C=O) groups excluding carboxylic acids is 1. The van der Waals surface area contributed by atoms with Crippen molar-refractivity contribution < 1.29 is 13.2 Å². The van der Waals surface area contributed by atoms with Gasteiger partial charge >= 0.3 is 0 Å². The second-order valence-electron chi connectivity index (χ2n) is 8.08. The van der Waals surface area contributed by atoms with E-state index < -0.39 is 15.9 Å². The third kappa shape index (κ3) is 4.48. The van der Waals surface area contributed by atoms with Crippen molar-refractivity contribution in [2.45, 2.75) is 24.7 Å². The molecule has 1 aromatic heterocycles. The Morgan fingerprint density at radius 1 is 1.09 bits per heavy atom. The van der Waals surface area contributed by atoms with Gasteiger partial charge in [0, 0.05) is 25.2 Å². The average Bonchev–Trinajstić information content (AvgIpc) is 3.03. The van der Waals surface area contributed by atoms with E-state index in [0.29, 0.717) is 35.8 Å².